The highest BCUT2D eigenvalue weighted by Gasteiger charge is 2.40. The summed E-state index contributed by atoms with van der Waals surface area (Å²) in [6.07, 6.45) is -4.35. The van der Waals surface area contributed by atoms with Gasteiger partial charge in [0.05, 0.1) is 11.3 Å². The number of alkyl halides is 3. The highest BCUT2D eigenvalue weighted by atomic mass is 19.4. The van der Waals surface area contributed by atoms with E-state index in [1.807, 2.05) is 36.4 Å². The van der Waals surface area contributed by atoms with Crippen molar-refractivity contribution >= 4 is 11.7 Å². The van der Waals surface area contributed by atoms with Crippen LogP contribution in [0, 0.1) is 6.92 Å². The number of carbonyl (C=O) groups excluding carboxylic acids is 1. The topological polar surface area (TPSA) is 54.0 Å². The van der Waals surface area contributed by atoms with Gasteiger partial charge in [-0.2, -0.15) is 13.2 Å². The van der Waals surface area contributed by atoms with Crippen LogP contribution >= 0.6 is 0 Å². The second kappa shape index (κ2) is 10.0. The molecule has 4 aromatic rings. The van der Waals surface area contributed by atoms with Crippen LogP contribution in [0.5, 0.6) is 0 Å². The number of benzene rings is 3. The summed E-state index contributed by atoms with van der Waals surface area (Å²) < 4.78 is 41.1. The molecule has 0 aliphatic carbocycles. The number of carbonyl (C=O) groups is 1. The second-order valence-electron chi connectivity index (χ2n) is 8.26. The van der Waals surface area contributed by atoms with E-state index in [-0.39, 0.29) is 12.0 Å². The zero-order valence-electron chi connectivity index (χ0n) is 19.0. The van der Waals surface area contributed by atoms with Crippen LogP contribution in [0.15, 0.2) is 103 Å². The molecule has 0 aliphatic rings. The summed E-state index contributed by atoms with van der Waals surface area (Å²) >= 11 is 0. The van der Waals surface area contributed by atoms with E-state index in [1.165, 1.54) is 6.07 Å². The van der Waals surface area contributed by atoms with Crippen molar-refractivity contribution in [1.29, 1.82) is 0 Å². The Bertz CT molecular complexity index is 1290. The van der Waals surface area contributed by atoms with Gasteiger partial charge in [0, 0.05) is 17.8 Å². The lowest BCUT2D eigenvalue weighted by Gasteiger charge is -2.36. The maximum atomic E-state index is 13.7. The fraction of sp³-hybridized carbons (Fsp3) is 0.143. The Hall–Kier alpha value is -4.13. The number of pyridine rings is 1. The number of anilines is 1. The lowest BCUT2D eigenvalue weighted by molar-refractivity contribution is -0.137. The molecule has 2 N–H and O–H groups in total. The average molecular weight is 476 g/mol. The molecule has 178 valence electrons. The van der Waals surface area contributed by atoms with Crippen LogP contribution < -0.4 is 10.6 Å². The third kappa shape index (κ3) is 5.69. The van der Waals surface area contributed by atoms with E-state index in [9.17, 15) is 18.0 Å². The minimum atomic E-state index is -4.54. The molecule has 1 unspecified atom stereocenters. The van der Waals surface area contributed by atoms with Crippen molar-refractivity contribution < 1.29 is 18.0 Å². The standard InChI is InChI=1S/C28H24F3N3O/c1-20-10-8-17-25(32-20)27(19-21-11-4-2-5-12-21,22-13-9-14-23(18-22)28(29,30)31)34-26(35)33-24-15-6-3-7-16-24/h2-18H,19H2,1H3,(H2,33,34,35). The third-order valence-electron chi connectivity index (χ3n) is 5.68. The largest absolute Gasteiger partial charge is 0.416 e. The van der Waals surface area contributed by atoms with E-state index < -0.39 is 23.3 Å². The molecule has 0 aliphatic heterocycles. The predicted molar refractivity (Wildman–Crippen MR) is 130 cm³/mol. The van der Waals surface area contributed by atoms with Crippen molar-refractivity contribution in [3.63, 3.8) is 0 Å². The number of aryl methyl sites for hydroxylation is 1. The molecule has 2 amide bonds. The highest BCUT2D eigenvalue weighted by molar-refractivity contribution is 5.90. The van der Waals surface area contributed by atoms with Gasteiger partial charge in [0.1, 0.15) is 5.54 Å². The third-order valence-corrected chi connectivity index (χ3v) is 5.68. The van der Waals surface area contributed by atoms with E-state index in [0.717, 1.165) is 17.7 Å². The van der Waals surface area contributed by atoms with Crippen LogP contribution in [0.3, 0.4) is 0 Å². The van der Waals surface area contributed by atoms with Crippen molar-refractivity contribution in [1.82, 2.24) is 10.3 Å². The van der Waals surface area contributed by atoms with Gasteiger partial charge in [-0.3, -0.25) is 4.98 Å². The fourth-order valence-electron chi connectivity index (χ4n) is 4.04. The molecule has 1 aromatic heterocycles. The summed E-state index contributed by atoms with van der Waals surface area (Å²) in [5.74, 6) is 0. The van der Waals surface area contributed by atoms with Gasteiger partial charge >= 0.3 is 12.2 Å². The average Bonchev–Trinajstić information content (AvgIpc) is 2.84. The lowest BCUT2D eigenvalue weighted by atomic mass is 9.80. The minimum absolute atomic E-state index is 0.188. The molecule has 4 rings (SSSR count). The molecule has 3 aromatic carbocycles. The number of halogens is 3. The molecule has 7 heteroatoms. The van der Waals surface area contributed by atoms with Gasteiger partial charge in [-0.1, -0.05) is 66.7 Å². The highest BCUT2D eigenvalue weighted by Crippen LogP contribution is 2.37. The Morgan fingerprint density at radius 1 is 0.800 bits per heavy atom. The fourth-order valence-corrected chi connectivity index (χ4v) is 4.04. The summed E-state index contributed by atoms with van der Waals surface area (Å²) in [4.78, 5) is 17.9. The monoisotopic (exact) mass is 475 g/mol. The number of amides is 2. The van der Waals surface area contributed by atoms with Gasteiger partial charge in [0.2, 0.25) is 0 Å². The van der Waals surface area contributed by atoms with Crippen LogP contribution in [0.4, 0.5) is 23.7 Å². The Labute approximate surface area is 201 Å². The molecule has 0 bridgehead atoms. The van der Waals surface area contributed by atoms with Crippen LogP contribution in [0.1, 0.15) is 28.1 Å². The summed E-state index contributed by atoms with van der Waals surface area (Å²) in [6.45, 7) is 1.80. The van der Waals surface area contributed by atoms with Crippen molar-refractivity contribution in [2.75, 3.05) is 5.32 Å². The van der Waals surface area contributed by atoms with E-state index in [1.54, 1.807) is 55.5 Å². The van der Waals surface area contributed by atoms with Crippen molar-refractivity contribution in [3.8, 4) is 0 Å². The Balaban J connectivity index is 1.89. The molecule has 1 heterocycles. The minimum Gasteiger partial charge on any atom is -0.322 e. The Morgan fingerprint density at radius 2 is 1.43 bits per heavy atom. The van der Waals surface area contributed by atoms with Crippen molar-refractivity contribution in [3.05, 3.63) is 131 Å². The number of rotatable bonds is 6. The van der Waals surface area contributed by atoms with Crippen LogP contribution in [0.25, 0.3) is 0 Å². The molecule has 1 atom stereocenters. The number of hydrogen-bond donors (Lipinski definition) is 2. The van der Waals surface area contributed by atoms with E-state index in [4.69, 9.17) is 0 Å². The molecular formula is C28H24F3N3O. The number of nitrogens with one attached hydrogen (secondary N) is 2. The van der Waals surface area contributed by atoms with Crippen LogP contribution in [-0.4, -0.2) is 11.0 Å². The Kier molecular flexibility index (Phi) is 6.87. The number of aromatic nitrogens is 1. The number of hydrogen-bond acceptors (Lipinski definition) is 2. The molecule has 35 heavy (non-hydrogen) atoms. The van der Waals surface area contributed by atoms with Gasteiger partial charge in [0.25, 0.3) is 0 Å². The van der Waals surface area contributed by atoms with Crippen molar-refractivity contribution in [2.45, 2.75) is 25.1 Å². The molecule has 0 fully saturated rings. The zero-order chi connectivity index (χ0) is 24.9. The number of nitrogens with zero attached hydrogens (tertiary/aromatic N) is 1. The van der Waals surface area contributed by atoms with Crippen molar-refractivity contribution in [2.24, 2.45) is 0 Å². The lowest BCUT2D eigenvalue weighted by Crippen LogP contribution is -2.50. The van der Waals surface area contributed by atoms with Gasteiger partial charge < -0.3 is 10.6 Å². The molecule has 0 saturated heterocycles. The van der Waals surface area contributed by atoms with Crippen LogP contribution in [-0.2, 0) is 18.1 Å². The quantitative estimate of drug-likeness (QED) is 0.325. The number of urea groups is 1. The van der Waals surface area contributed by atoms with E-state index in [2.05, 4.69) is 15.6 Å². The normalized spacial score (nSPS) is 13.0. The summed E-state index contributed by atoms with van der Waals surface area (Å²) in [5, 5.41) is 5.77. The van der Waals surface area contributed by atoms with Gasteiger partial charge in [-0.05, 0) is 54.4 Å². The molecule has 0 saturated carbocycles. The smallest absolute Gasteiger partial charge is 0.322 e. The maximum absolute atomic E-state index is 13.7. The summed E-state index contributed by atoms with van der Waals surface area (Å²) in [7, 11) is 0. The molecular weight excluding hydrogens is 451 g/mol. The first-order valence-electron chi connectivity index (χ1n) is 11.1. The van der Waals surface area contributed by atoms with E-state index >= 15 is 0 Å². The first-order valence-corrected chi connectivity index (χ1v) is 11.1. The Morgan fingerprint density at radius 3 is 2.09 bits per heavy atom. The zero-order valence-corrected chi connectivity index (χ0v) is 19.0. The first kappa shape index (κ1) is 24.0. The van der Waals surface area contributed by atoms with E-state index in [0.29, 0.717) is 17.1 Å². The van der Waals surface area contributed by atoms with Gasteiger partial charge in [-0.25, -0.2) is 4.79 Å². The van der Waals surface area contributed by atoms with Crippen LogP contribution in [0.2, 0.25) is 0 Å². The SMILES string of the molecule is Cc1cccc(C(Cc2ccccc2)(NC(=O)Nc2ccccc2)c2cccc(C(F)(F)F)c2)n1. The second-order valence-corrected chi connectivity index (χ2v) is 8.26. The summed E-state index contributed by atoms with van der Waals surface area (Å²) in [5.41, 5.74) is 0.588. The first-order chi connectivity index (χ1) is 16.8. The maximum Gasteiger partial charge on any atom is 0.416 e. The summed E-state index contributed by atoms with van der Waals surface area (Å²) in [6, 6.07) is 27.9. The molecule has 0 radical (unpaired) electrons. The number of para-hydroxylation sites is 1. The molecule has 4 nitrogen and oxygen atoms in total. The predicted octanol–water partition coefficient (Wildman–Crippen LogP) is 6.72. The van der Waals surface area contributed by atoms with Gasteiger partial charge in [-0.15, -0.1) is 0 Å². The van der Waals surface area contributed by atoms with Gasteiger partial charge in [0.15, 0.2) is 0 Å². The molecule has 0 spiro atoms.